The molecular formula is C18H27NO3. The summed E-state index contributed by atoms with van der Waals surface area (Å²) in [6, 6.07) is 6.23. The average molecular weight is 305 g/mol. The van der Waals surface area contributed by atoms with E-state index in [-0.39, 0.29) is 17.9 Å². The third-order valence-electron chi connectivity index (χ3n) is 4.45. The zero-order valence-electron chi connectivity index (χ0n) is 14.0. The number of hydrogen-bond donors (Lipinski definition) is 1. The summed E-state index contributed by atoms with van der Waals surface area (Å²) >= 11 is 0. The van der Waals surface area contributed by atoms with Gasteiger partial charge in [-0.2, -0.15) is 0 Å². The van der Waals surface area contributed by atoms with E-state index in [1.165, 1.54) is 18.4 Å². The standard InChI is InChI=1S/C18H27NO3/c1-5-12(2)19-18(20)11-15(13-6-7-13)14-8-9-16(21-3)17(10-14)22-4/h8-10,12-13,15H,5-7,11H2,1-4H3,(H,19,20). The summed E-state index contributed by atoms with van der Waals surface area (Å²) in [5.41, 5.74) is 1.17. The molecule has 4 nitrogen and oxygen atoms in total. The van der Waals surface area contributed by atoms with Crippen molar-refractivity contribution in [1.82, 2.24) is 5.32 Å². The Kier molecular flexibility index (Phi) is 5.69. The number of rotatable bonds is 8. The van der Waals surface area contributed by atoms with Crippen molar-refractivity contribution < 1.29 is 14.3 Å². The molecule has 0 aromatic heterocycles. The molecule has 2 atom stereocenters. The maximum Gasteiger partial charge on any atom is 0.220 e. The first-order chi connectivity index (χ1) is 10.6. The molecule has 1 fully saturated rings. The zero-order valence-corrected chi connectivity index (χ0v) is 14.0. The Labute approximate surface area is 133 Å². The van der Waals surface area contributed by atoms with Gasteiger partial charge in [0.25, 0.3) is 0 Å². The number of amides is 1. The van der Waals surface area contributed by atoms with Gasteiger partial charge in [-0.1, -0.05) is 13.0 Å². The van der Waals surface area contributed by atoms with Crippen LogP contribution in [0.1, 0.15) is 51.0 Å². The van der Waals surface area contributed by atoms with Crippen molar-refractivity contribution >= 4 is 5.91 Å². The summed E-state index contributed by atoms with van der Waals surface area (Å²) in [4.78, 5) is 12.2. The van der Waals surface area contributed by atoms with E-state index in [9.17, 15) is 4.79 Å². The molecule has 0 bridgehead atoms. The molecule has 1 aromatic rings. The highest BCUT2D eigenvalue weighted by molar-refractivity contribution is 5.77. The van der Waals surface area contributed by atoms with Crippen LogP contribution in [0, 0.1) is 5.92 Å². The molecule has 1 aromatic carbocycles. The Morgan fingerprint density at radius 3 is 2.50 bits per heavy atom. The van der Waals surface area contributed by atoms with Gasteiger partial charge in [0.1, 0.15) is 0 Å². The summed E-state index contributed by atoms with van der Waals surface area (Å²) in [5.74, 6) is 2.48. The summed E-state index contributed by atoms with van der Waals surface area (Å²) in [7, 11) is 3.28. The molecule has 1 aliphatic carbocycles. The molecule has 1 aliphatic rings. The van der Waals surface area contributed by atoms with E-state index >= 15 is 0 Å². The Morgan fingerprint density at radius 2 is 1.95 bits per heavy atom. The number of carbonyl (C=O) groups is 1. The van der Waals surface area contributed by atoms with E-state index in [1.54, 1.807) is 14.2 Å². The van der Waals surface area contributed by atoms with Crippen molar-refractivity contribution in [3.63, 3.8) is 0 Å². The van der Waals surface area contributed by atoms with E-state index in [2.05, 4.69) is 18.3 Å². The lowest BCUT2D eigenvalue weighted by molar-refractivity contribution is -0.122. The molecule has 1 saturated carbocycles. The van der Waals surface area contributed by atoms with Gasteiger partial charge < -0.3 is 14.8 Å². The van der Waals surface area contributed by atoms with Crippen molar-refractivity contribution in [1.29, 1.82) is 0 Å². The molecule has 0 radical (unpaired) electrons. The third kappa shape index (κ3) is 4.15. The van der Waals surface area contributed by atoms with E-state index < -0.39 is 0 Å². The normalized spacial score (nSPS) is 16.7. The minimum absolute atomic E-state index is 0.140. The molecule has 2 rings (SSSR count). The van der Waals surface area contributed by atoms with Crippen LogP contribution in [0.15, 0.2) is 18.2 Å². The summed E-state index contributed by atoms with van der Waals surface area (Å²) in [6.07, 6.45) is 3.91. The van der Waals surface area contributed by atoms with Crippen LogP contribution in [0.2, 0.25) is 0 Å². The molecule has 4 heteroatoms. The van der Waals surface area contributed by atoms with Crippen LogP contribution in [0.25, 0.3) is 0 Å². The van der Waals surface area contributed by atoms with Crippen molar-refractivity contribution in [2.45, 2.75) is 51.5 Å². The SMILES string of the molecule is CCC(C)NC(=O)CC(c1ccc(OC)c(OC)c1)C1CC1. The second-order valence-electron chi connectivity index (χ2n) is 6.14. The minimum atomic E-state index is 0.140. The van der Waals surface area contributed by atoms with Gasteiger partial charge in [-0.3, -0.25) is 4.79 Å². The molecule has 0 spiro atoms. The molecular weight excluding hydrogens is 278 g/mol. The average Bonchev–Trinajstić information content (AvgIpc) is 3.36. The topological polar surface area (TPSA) is 47.6 Å². The molecule has 1 N–H and O–H groups in total. The fourth-order valence-electron chi connectivity index (χ4n) is 2.77. The Morgan fingerprint density at radius 1 is 1.27 bits per heavy atom. The van der Waals surface area contributed by atoms with Crippen LogP contribution in [-0.4, -0.2) is 26.2 Å². The fourth-order valence-corrected chi connectivity index (χ4v) is 2.77. The first kappa shape index (κ1) is 16.7. The fraction of sp³-hybridized carbons (Fsp3) is 0.611. The Bertz CT molecular complexity index is 511. The lowest BCUT2D eigenvalue weighted by Crippen LogP contribution is -2.33. The molecule has 0 aliphatic heterocycles. The van der Waals surface area contributed by atoms with Crippen LogP contribution in [0.5, 0.6) is 11.5 Å². The van der Waals surface area contributed by atoms with Gasteiger partial charge >= 0.3 is 0 Å². The smallest absolute Gasteiger partial charge is 0.220 e. The predicted molar refractivity (Wildman–Crippen MR) is 87.5 cm³/mol. The molecule has 0 saturated heterocycles. The van der Waals surface area contributed by atoms with Crippen molar-refractivity contribution in [3.05, 3.63) is 23.8 Å². The second kappa shape index (κ2) is 7.52. The van der Waals surface area contributed by atoms with Gasteiger partial charge in [-0.25, -0.2) is 0 Å². The lowest BCUT2D eigenvalue weighted by atomic mass is 9.90. The Hall–Kier alpha value is -1.71. The van der Waals surface area contributed by atoms with E-state index in [4.69, 9.17) is 9.47 Å². The van der Waals surface area contributed by atoms with E-state index in [0.29, 0.717) is 12.3 Å². The molecule has 122 valence electrons. The van der Waals surface area contributed by atoms with Crippen molar-refractivity contribution in [2.75, 3.05) is 14.2 Å². The highest BCUT2D eigenvalue weighted by Gasteiger charge is 2.34. The van der Waals surface area contributed by atoms with E-state index in [0.717, 1.165) is 17.9 Å². The zero-order chi connectivity index (χ0) is 16.1. The number of hydrogen-bond acceptors (Lipinski definition) is 3. The maximum absolute atomic E-state index is 12.2. The second-order valence-corrected chi connectivity index (χ2v) is 6.14. The minimum Gasteiger partial charge on any atom is -0.493 e. The van der Waals surface area contributed by atoms with Gasteiger partial charge in [0.05, 0.1) is 14.2 Å². The maximum atomic E-state index is 12.2. The quantitative estimate of drug-likeness (QED) is 0.799. The summed E-state index contributed by atoms with van der Waals surface area (Å²) < 4.78 is 10.7. The van der Waals surface area contributed by atoms with Crippen LogP contribution >= 0.6 is 0 Å². The van der Waals surface area contributed by atoms with Gasteiger partial charge in [0.15, 0.2) is 11.5 Å². The molecule has 22 heavy (non-hydrogen) atoms. The number of benzene rings is 1. The van der Waals surface area contributed by atoms with E-state index in [1.807, 2.05) is 19.1 Å². The molecule has 0 heterocycles. The molecule has 2 unspecified atom stereocenters. The van der Waals surface area contributed by atoms with Crippen LogP contribution in [0.4, 0.5) is 0 Å². The predicted octanol–water partition coefficient (Wildman–Crippen LogP) is 3.50. The number of methoxy groups -OCH3 is 2. The highest BCUT2D eigenvalue weighted by atomic mass is 16.5. The van der Waals surface area contributed by atoms with Gasteiger partial charge in [0, 0.05) is 12.5 Å². The monoisotopic (exact) mass is 305 g/mol. The van der Waals surface area contributed by atoms with Gasteiger partial charge in [0.2, 0.25) is 5.91 Å². The summed E-state index contributed by atoms with van der Waals surface area (Å²) in [6.45, 7) is 4.12. The van der Waals surface area contributed by atoms with Crippen LogP contribution in [0.3, 0.4) is 0 Å². The van der Waals surface area contributed by atoms with Crippen LogP contribution < -0.4 is 14.8 Å². The summed E-state index contributed by atoms with van der Waals surface area (Å²) in [5, 5.41) is 3.07. The first-order valence-electron chi connectivity index (χ1n) is 8.10. The van der Waals surface area contributed by atoms with Crippen molar-refractivity contribution in [2.24, 2.45) is 5.92 Å². The lowest BCUT2D eigenvalue weighted by Gasteiger charge is -2.20. The largest absolute Gasteiger partial charge is 0.493 e. The van der Waals surface area contributed by atoms with Crippen molar-refractivity contribution in [3.8, 4) is 11.5 Å². The van der Waals surface area contributed by atoms with Crippen LogP contribution in [-0.2, 0) is 4.79 Å². The third-order valence-corrected chi connectivity index (χ3v) is 4.45. The molecule has 1 amide bonds. The first-order valence-corrected chi connectivity index (χ1v) is 8.10. The number of ether oxygens (including phenoxy) is 2. The number of nitrogens with one attached hydrogen (secondary N) is 1. The van der Waals surface area contributed by atoms with Gasteiger partial charge in [-0.05, 0) is 55.7 Å². The Balaban J connectivity index is 2.13. The van der Waals surface area contributed by atoms with Gasteiger partial charge in [-0.15, -0.1) is 0 Å². The highest BCUT2D eigenvalue weighted by Crippen LogP contribution is 2.46. The number of carbonyl (C=O) groups excluding carboxylic acids is 1.